The maximum Gasteiger partial charge on any atom is 0.339 e. The van der Waals surface area contributed by atoms with Gasteiger partial charge in [0.15, 0.2) is 6.61 Å². The summed E-state index contributed by atoms with van der Waals surface area (Å²) in [4.78, 5) is 12.8. The molecule has 2 aromatic heterocycles. The van der Waals surface area contributed by atoms with Gasteiger partial charge in [-0.05, 0) is 25.1 Å². The topological polar surface area (TPSA) is 100 Å². The second kappa shape index (κ2) is 10.0. The molecule has 5 aromatic rings. The average Bonchev–Trinajstić information content (AvgIpc) is 3.53. The molecule has 0 aliphatic heterocycles. The van der Waals surface area contributed by atoms with Crippen molar-refractivity contribution in [3.8, 4) is 28.5 Å². The number of hydrogen-bond acceptors (Lipinski definition) is 8. The van der Waals surface area contributed by atoms with E-state index in [1.807, 2.05) is 72.8 Å². The lowest BCUT2D eigenvalue weighted by molar-refractivity contribution is 0.0435. The van der Waals surface area contributed by atoms with Gasteiger partial charge in [0, 0.05) is 11.1 Å². The van der Waals surface area contributed by atoms with Crippen LogP contribution in [-0.2, 0) is 18.0 Å². The Labute approximate surface area is 201 Å². The fourth-order valence-electron chi connectivity index (χ4n) is 3.56. The van der Waals surface area contributed by atoms with Crippen LogP contribution in [-0.4, -0.2) is 21.3 Å². The van der Waals surface area contributed by atoms with Gasteiger partial charge in [-0.25, -0.2) is 4.79 Å². The number of benzene rings is 3. The SMILES string of the molecule is Cc1onc(-c2ccccc2)c1-c1nnc(COC(=O)c2ccccc2COc2ccccc2)o1. The van der Waals surface area contributed by atoms with E-state index in [1.54, 1.807) is 19.1 Å². The number of carbonyl (C=O) groups excluding carboxylic acids is 1. The molecule has 5 rings (SSSR count). The van der Waals surface area contributed by atoms with Gasteiger partial charge in [0.25, 0.3) is 11.8 Å². The van der Waals surface area contributed by atoms with Crippen molar-refractivity contribution < 1.29 is 23.2 Å². The number of rotatable bonds is 8. The summed E-state index contributed by atoms with van der Waals surface area (Å²) < 4.78 is 22.4. The summed E-state index contributed by atoms with van der Waals surface area (Å²) in [5.41, 5.74) is 3.18. The Kier molecular flexibility index (Phi) is 6.34. The van der Waals surface area contributed by atoms with E-state index in [4.69, 9.17) is 18.4 Å². The Morgan fingerprint density at radius 1 is 0.857 bits per heavy atom. The zero-order valence-corrected chi connectivity index (χ0v) is 18.9. The number of aryl methyl sites for hydroxylation is 1. The van der Waals surface area contributed by atoms with E-state index < -0.39 is 5.97 Å². The second-order valence-corrected chi connectivity index (χ2v) is 7.66. The molecule has 35 heavy (non-hydrogen) atoms. The summed E-state index contributed by atoms with van der Waals surface area (Å²) in [5, 5.41) is 12.3. The van der Waals surface area contributed by atoms with Crippen molar-refractivity contribution in [3.05, 3.63) is 108 Å². The number of hydrogen-bond donors (Lipinski definition) is 0. The molecular formula is C27H21N3O5. The first-order valence-corrected chi connectivity index (χ1v) is 11.0. The minimum absolute atomic E-state index is 0.158. The molecule has 8 nitrogen and oxygen atoms in total. The summed E-state index contributed by atoms with van der Waals surface area (Å²) in [7, 11) is 0. The van der Waals surface area contributed by atoms with Gasteiger partial charge in [-0.3, -0.25) is 0 Å². The molecule has 3 aromatic carbocycles. The number of ether oxygens (including phenoxy) is 2. The number of nitrogens with zero attached hydrogens (tertiary/aromatic N) is 3. The minimum atomic E-state index is -0.511. The maximum absolute atomic E-state index is 12.8. The van der Waals surface area contributed by atoms with Gasteiger partial charge in [-0.1, -0.05) is 71.9 Å². The average molecular weight is 467 g/mol. The maximum atomic E-state index is 12.8. The Hall–Kier alpha value is -4.72. The van der Waals surface area contributed by atoms with Gasteiger partial charge in [-0.2, -0.15) is 0 Å². The third kappa shape index (κ3) is 4.96. The molecule has 0 spiro atoms. The van der Waals surface area contributed by atoms with E-state index in [2.05, 4.69) is 15.4 Å². The fraction of sp³-hybridized carbons (Fsp3) is 0.111. The number of esters is 1. The molecule has 8 heteroatoms. The molecule has 0 amide bonds. The largest absolute Gasteiger partial charge is 0.489 e. The van der Waals surface area contributed by atoms with Crippen LogP contribution in [0.4, 0.5) is 0 Å². The van der Waals surface area contributed by atoms with Crippen LogP contribution in [0.15, 0.2) is 93.9 Å². The first-order chi connectivity index (χ1) is 17.2. The number of carbonyl (C=O) groups is 1. The summed E-state index contributed by atoms with van der Waals surface area (Å²) in [6, 6.07) is 26.1. The molecule has 174 valence electrons. The predicted octanol–water partition coefficient (Wildman–Crippen LogP) is 5.64. The van der Waals surface area contributed by atoms with Gasteiger partial charge >= 0.3 is 5.97 Å². The highest BCUT2D eigenvalue weighted by Crippen LogP contribution is 2.33. The predicted molar refractivity (Wildman–Crippen MR) is 126 cm³/mol. The highest BCUT2D eigenvalue weighted by molar-refractivity contribution is 5.91. The molecule has 0 atom stereocenters. The molecule has 0 fully saturated rings. The lowest BCUT2D eigenvalue weighted by Gasteiger charge is -2.10. The van der Waals surface area contributed by atoms with Crippen molar-refractivity contribution >= 4 is 5.97 Å². The zero-order chi connectivity index (χ0) is 24.0. The van der Waals surface area contributed by atoms with Crippen molar-refractivity contribution in [2.75, 3.05) is 0 Å². The summed E-state index contributed by atoms with van der Waals surface area (Å²) >= 11 is 0. The molecular weight excluding hydrogens is 446 g/mol. The van der Waals surface area contributed by atoms with Crippen LogP contribution in [0.1, 0.15) is 27.6 Å². The van der Waals surface area contributed by atoms with Gasteiger partial charge in [-0.15, -0.1) is 10.2 Å². The van der Waals surface area contributed by atoms with E-state index >= 15 is 0 Å². The molecule has 0 saturated heterocycles. The Bertz CT molecular complexity index is 1430. The molecule has 0 aliphatic rings. The van der Waals surface area contributed by atoms with Crippen molar-refractivity contribution in [2.24, 2.45) is 0 Å². The highest BCUT2D eigenvalue weighted by atomic mass is 16.5. The number of para-hydroxylation sites is 1. The van der Waals surface area contributed by atoms with Crippen molar-refractivity contribution in [1.82, 2.24) is 15.4 Å². The van der Waals surface area contributed by atoms with Gasteiger partial charge in [0.1, 0.15) is 29.4 Å². The van der Waals surface area contributed by atoms with Gasteiger partial charge in [0.05, 0.1) is 5.56 Å². The van der Waals surface area contributed by atoms with Crippen LogP contribution in [0.2, 0.25) is 0 Å². The lowest BCUT2D eigenvalue weighted by Crippen LogP contribution is -2.10. The minimum Gasteiger partial charge on any atom is -0.489 e. The van der Waals surface area contributed by atoms with E-state index in [0.29, 0.717) is 33.9 Å². The van der Waals surface area contributed by atoms with E-state index in [1.165, 1.54) is 0 Å². The normalized spacial score (nSPS) is 10.8. The molecule has 0 N–H and O–H groups in total. The third-order valence-corrected chi connectivity index (χ3v) is 5.29. The Morgan fingerprint density at radius 2 is 1.57 bits per heavy atom. The highest BCUT2D eigenvalue weighted by Gasteiger charge is 2.22. The molecule has 0 saturated carbocycles. The summed E-state index contributed by atoms with van der Waals surface area (Å²) in [6.45, 7) is 1.83. The Morgan fingerprint density at radius 3 is 2.37 bits per heavy atom. The first-order valence-electron chi connectivity index (χ1n) is 11.0. The van der Waals surface area contributed by atoms with E-state index in [0.717, 1.165) is 5.56 Å². The lowest BCUT2D eigenvalue weighted by atomic mass is 10.1. The quantitative estimate of drug-likeness (QED) is 0.270. The molecule has 0 aliphatic carbocycles. The van der Waals surface area contributed by atoms with Crippen LogP contribution >= 0.6 is 0 Å². The molecule has 2 heterocycles. The second-order valence-electron chi connectivity index (χ2n) is 7.66. The first kappa shape index (κ1) is 22.1. The smallest absolute Gasteiger partial charge is 0.339 e. The van der Waals surface area contributed by atoms with Crippen LogP contribution in [0.3, 0.4) is 0 Å². The zero-order valence-electron chi connectivity index (χ0n) is 18.9. The summed E-state index contributed by atoms with van der Waals surface area (Å²) in [5.74, 6) is 1.15. The number of aromatic nitrogens is 3. The van der Waals surface area contributed by atoms with Gasteiger partial charge in [0.2, 0.25) is 0 Å². The third-order valence-electron chi connectivity index (χ3n) is 5.29. The van der Waals surface area contributed by atoms with E-state index in [9.17, 15) is 4.79 Å². The molecule has 0 radical (unpaired) electrons. The summed E-state index contributed by atoms with van der Waals surface area (Å²) in [6.07, 6.45) is 0. The van der Waals surface area contributed by atoms with Crippen LogP contribution < -0.4 is 4.74 Å². The Balaban J connectivity index is 1.28. The van der Waals surface area contributed by atoms with E-state index in [-0.39, 0.29) is 25.0 Å². The van der Waals surface area contributed by atoms with Gasteiger partial charge < -0.3 is 18.4 Å². The van der Waals surface area contributed by atoms with Crippen molar-refractivity contribution in [1.29, 1.82) is 0 Å². The molecule has 0 bridgehead atoms. The van der Waals surface area contributed by atoms with Crippen LogP contribution in [0, 0.1) is 6.92 Å². The van der Waals surface area contributed by atoms with Crippen molar-refractivity contribution in [2.45, 2.75) is 20.1 Å². The molecule has 0 unspecified atom stereocenters. The van der Waals surface area contributed by atoms with Crippen LogP contribution in [0.25, 0.3) is 22.7 Å². The standard InChI is InChI=1S/C27H21N3O5/c1-18-24(25(30-35-18)19-10-4-2-5-11-19)26-29-28-23(34-26)17-33-27(31)22-15-9-8-12-20(22)16-32-21-13-6-3-7-14-21/h2-15H,16-17H2,1H3. The van der Waals surface area contributed by atoms with Crippen molar-refractivity contribution in [3.63, 3.8) is 0 Å². The van der Waals surface area contributed by atoms with Crippen LogP contribution in [0.5, 0.6) is 5.75 Å². The monoisotopic (exact) mass is 467 g/mol. The fourth-order valence-corrected chi connectivity index (χ4v) is 3.56.